The topological polar surface area (TPSA) is 112 Å². The molecule has 14 heteroatoms. The van der Waals surface area contributed by atoms with Crippen molar-refractivity contribution in [3.63, 3.8) is 0 Å². The quantitative estimate of drug-likeness (QED) is 0.156. The second-order valence-electron chi connectivity index (χ2n) is 11.8. The first kappa shape index (κ1) is 36.3. The molecule has 1 aromatic heterocycles. The predicted octanol–water partition coefficient (Wildman–Crippen LogP) is 7.37. The number of aromatic nitrogens is 2. The summed E-state index contributed by atoms with van der Waals surface area (Å²) in [5.74, 6) is -0.672. The summed E-state index contributed by atoms with van der Waals surface area (Å²) >= 11 is 6.60. The number of hydrogen-bond acceptors (Lipinski definition) is 9. The molecule has 3 aromatic carbocycles. The van der Waals surface area contributed by atoms with Crippen LogP contribution < -0.4 is 25.0 Å². The van der Waals surface area contributed by atoms with Gasteiger partial charge in [-0.15, -0.1) is 0 Å². The Balaban J connectivity index is 1.48. The predicted molar refractivity (Wildman–Crippen MR) is 191 cm³/mol. The molecule has 1 aliphatic rings. The summed E-state index contributed by atoms with van der Waals surface area (Å²) < 4.78 is 38.0. The average molecular weight is 708 g/mol. The van der Waals surface area contributed by atoms with E-state index < -0.39 is 12.5 Å². The minimum atomic E-state index is -3.03. The number of carbonyl (C=O) groups excluding carboxylic acids is 2. The average Bonchev–Trinajstić information content (AvgIpc) is 3.08. The molecule has 5 rings (SSSR count). The Bertz CT molecular complexity index is 1830. The van der Waals surface area contributed by atoms with E-state index in [9.17, 15) is 18.4 Å². The van der Waals surface area contributed by atoms with Gasteiger partial charge in [-0.05, 0) is 76.2 Å². The van der Waals surface area contributed by atoms with E-state index in [1.54, 1.807) is 23.1 Å². The number of ether oxygens (including phenoxy) is 2. The fourth-order valence-corrected chi connectivity index (χ4v) is 5.81. The number of nitrogens with one attached hydrogen (secondary N) is 2. The molecule has 2 N–H and O–H groups in total. The number of hydrogen-bond donors (Lipinski definition) is 2. The molecule has 2 amide bonds. The van der Waals surface area contributed by atoms with Gasteiger partial charge in [0.05, 0.1) is 10.7 Å². The minimum absolute atomic E-state index is 0.00163. The first-order chi connectivity index (χ1) is 24.0. The van der Waals surface area contributed by atoms with Crippen LogP contribution in [-0.4, -0.2) is 84.5 Å². The van der Waals surface area contributed by atoms with Crippen LogP contribution in [0.15, 0.2) is 60.8 Å². The smallest absolute Gasteiger partial charge is 0.387 e. The molecule has 0 atom stereocenters. The van der Waals surface area contributed by atoms with E-state index in [4.69, 9.17) is 21.1 Å². The highest BCUT2D eigenvalue weighted by Crippen LogP contribution is 2.36. The largest absolute Gasteiger partial charge is 0.436 e. The van der Waals surface area contributed by atoms with Crippen LogP contribution in [0.1, 0.15) is 45.7 Å². The van der Waals surface area contributed by atoms with Crippen LogP contribution >= 0.6 is 11.6 Å². The molecule has 1 aliphatic heterocycles. The fourth-order valence-electron chi connectivity index (χ4n) is 5.59. The van der Waals surface area contributed by atoms with Crippen LogP contribution in [-0.2, 0) is 0 Å². The van der Waals surface area contributed by atoms with Crippen molar-refractivity contribution >= 4 is 46.4 Å². The molecule has 0 aliphatic carbocycles. The highest BCUT2D eigenvalue weighted by molar-refractivity contribution is 6.32. The minimum Gasteiger partial charge on any atom is -0.436 e. The van der Waals surface area contributed by atoms with Gasteiger partial charge in [0.2, 0.25) is 11.8 Å². The third-order valence-electron chi connectivity index (χ3n) is 8.43. The summed E-state index contributed by atoms with van der Waals surface area (Å²) in [6.07, 6.45) is 1.30. The molecule has 0 bridgehead atoms. The summed E-state index contributed by atoms with van der Waals surface area (Å²) in [6, 6.07) is 15.1. The zero-order valence-corrected chi connectivity index (χ0v) is 29.4. The van der Waals surface area contributed by atoms with E-state index in [-0.39, 0.29) is 39.8 Å². The van der Waals surface area contributed by atoms with Gasteiger partial charge in [-0.2, -0.15) is 13.8 Å². The van der Waals surface area contributed by atoms with Crippen molar-refractivity contribution in [3.05, 3.63) is 88.1 Å². The maximum Gasteiger partial charge on any atom is 0.387 e. The number of benzene rings is 3. The molecule has 0 unspecified atom stereocenters. The molecule has 0 radical (unpaired) electrons. The van der Waals surface area contributed by atoms with Crippen LogP contribution in [0.25, 0.3) is 0 Å². The van der Waals surface area contributed by atoms with Crippen LogP contribution in [0.5, 0.6) is 17.4 Å². The molecule has 1 fully saturated rings. The number of nitrogens with zero attached hydrogens (tertiary/aromatic N) is 5. The lowest BCUT2D eigenvalue weighted by molar-refractivity contribution is -0.0495. The first-order valence-electron chi connectivity index (χ1n) is 16.3. The molecule has 264 valence electrons. The van der Waals surface area contributed by atoms with E-state index in [1.807, 2.05) is 57.8 Å². The maximum atomic E-state index is 13.7. The molecule has 4 aromatic rings. The van der Waals surface area contributed by atoms with Gasteiger partial charge >= 0.3 is 6.61 Å². The van der Waals surface area contributed by atoms with Gasteiger partial charge in [0.15, 0.2) is 5.75 Å². The molecule has 0 spiro atoms. The zero-order chi connectivity index (χ0) is 35.9. The number of amides is 2. The lowest BCUT2D eigenvalue weighted by Gasteiger charge is -2.34. The molecule has 1 saturated heterocycles. The number of anilines is 4. The van der Waals surface area contributed by atoms with Crippen molar-refractivity contribution in [3.8, 4) is 17.4 Å². The highest BCUT2D eigenvalue weighted by Gasteiger charge is 2.23. The van der Waals surface area contributed by atoms with Crippen LogP contribution in [0.2, 0.25) is 5.02 Å². The number of piperazine rings is 1. The van der Waals surface area contributed by atoms with E-state index in [2.05, 4.69) is 25.5 Å². The Hall–Kier alpha value is -5.01. The van der Waals surface area contributed by atoms with Gasteiger partial charge < -0.3 is 34.8 Å². The van der Waals surface area contributed by atoms with E-state index in [1.165, 1.54) is 24.4 Å². The third kappa shape index (κ3) is 8.58. The zero-order valence-electron chi connectivity index (χ0n) is 28.6. The Labute approximate surface area is 295 Å². The normalized spacial score (nSPS) is 13.3. The number of alkyl halides is 2. The van der Waals surface area contributed by atoms with Crippen molar-refractivity contribution < 1.29 is 27.8 Å². The number of halogens is 3. The fraction of sp³-hybridized carbons (Fsp3) is 0.333. The number of carbonyl (C=O) groups is 2. The Morgan fingerprint density at radius 1 is 0.980 bits per heavy atom. The number of rotatable bonds is 12. The van der Waals surface area contributed by atoms with Crippen molar-refractivity contribution in [2.24, 2.45) is 0 Å². The van der Waals surface area contributed by atoms with Gasteiger partial charge in [0, 0.05) is 68.5 Å². The standard InChI is InChI=1S/C36H40ClF2N7O4/c1-6-45(7-2)34(48)24-11-14-29(27(37)19-24)49-33-26(32(47)42-31-22(3)9-8-10-23(31)4)21-40-36(43-33)41-25-12-13-28(30(20-25)50-35(38)39)46-17-15-44(5)16-18-46/h8-14,19-21,35H,6-7,15-18H2,1-5H3,(H,42,47)(H,40,41,43). The summed E-state index contributed by atoms with van der Waals surface area (Å²) in [5, 5.41) is 6.06. The van der Waals surface area contributed by atoms with Gasteiger partial charge in [0.25, 0.3) is 11.8 Å². The van der Waals surface area contributed by atoms with E-state index in [0.29, 0.717) is 48.8 Å². The Morgan fingerprint density at radius 2 is 1.68 bits per heavy atom. The van der Waals surface area contributed by atoms with Crippen LogP contribution in [0, 0.1) is 13.8 Å². The number of para-hydroxylation sites is 1. The Kier molecular flexibility index (Phi) is 11.7. The lowest BCUT2D eigenvalue weighted by Crippen LogP contribution is -2.44. The monoisotopic (exact) mass is 707 g/mol. The number of aryl methyl sites for hydroxylation is 2. The van der Waals surface area contributed by atoms with Crippen LogP contribution in [0.4, 0.5) is 31.8 Å². The van der Waals surface area contributed by atoms with Crippen molar-refractivity contribution in [2.75, 3.05) is 61.8 Å². The summed E-state index contributed by atoms with van der Waals surface area (Å²) in [4.78, 5) is 41.2. The van der Waals surface area contributed by atoms with Gasteiger partial charge in [-0.1, -0.05) is 29.8 Å². The van der Waals surface area contributed by atoms with E-state index >= 15 is 0 Å². The summed E-state index contributed by atoms with van der Waals surface area (Å²) in [6.45, 7) is 8.47. The van der Waals surface area contributed by atoms with Gasteiger partial charge in [-0.25, -0.2) is 4.98 Å². The molecular formula is C36H40ClF2N7O4. The molecule has 0 saturated carbocycles. The van der Waals surface area contributed by atoms with Crippen molar-refractivity contribution in [1.29, 1.82) is 0 Å². The lowest BCUT2D eigenvalue weighted by atomic mass is 10.1. The molecule has 2 heterocycles. The third-order valence-corrected chi connectivity index (χ3v) is 8.73. The SMILES string of the molecule is CCN(CC)C(=O)c1ccc(Oc2nc(Nc3ccc(N4CCN(C)CC4)c(OC(F)F)c3)ncc2C(=O)Nc2c(C)cccc2C)c(Cl)c1. The summed E-state index contributed by atoms with van der Waals surface area (Å²) in [5.41, 5.74) is 3.65. The second kappa shape index (κ2) is 16.1. The van der Waals surface area contributed by atoms with Crippen molar-refractivity contribution in [2.45, 2.75) is 34.3 Å². The highest BCUT2D eigenvalue weighted by atomic mass is 35.5. The second-order valence-corrected chi connectivity index (χ2v) is 12.2. The first-order valence-corrected chi connectivity index (χ1v) is 16.7. The van der Waals surface area contributed by atoms with Crippen LogP contribution in [0.3, 0.4) is 0 Å². The summed E-state index contributed by atoms with van der Waals surface area (Å²) in [7, 11) is 2.01. The van der Waals surface area contributed by atoms with Gasteiger partial charge in [-0.3, -0.25) is 9.59 Å². The van der Waals surface area contributed by atoms with Crippen molar-refractivity contribution in [1.82, 2.24) is 19.8 Å². The molecular weight excluding hydrogens is 668 g/mol. The Morgan fingerprint density at radius 3 is 2.32 bits per heavy atom. The molecule has 50 heavy (non-hydrogen) atoms. The van der Waals surface area contributed by atoms with E-state index in [0.717, 1.165) is 24.2 Å². The van der Waals surface area contributed by atoms with Gasteiger partial charge in [0.1, 0.15) is 11.3 Å². The number of likely N-dealkylation sites (N-methyl/N-ethyl adjacent to an activating group) is 1. The maximum absolute atomic E-state index is 13.7. The molecule has 11 nitrogen and oxygen atoms in total.